The summed E-state index contributed by atoms with van der Waals surface area (Å²) in [4.78, 5) is 26.0. The predicted molar refractivity (Wildman–Crippen MR) is 96.4 cm³/mol. The summed E-state index contributed by atoms with van der Waals surface area (Å²) in [7, 11) is 2.19. The number of rotatable bonds is 4. The van der Waals surface area contributed by atoms with Gasteiger partial charge in [0, 0.05) is 44.0 Å². The number of hydrogen-bond donors (Lipinski definition) is 1. The van der Waals surface area contributed by atoms with E-state index in [1.807, 2.05) is 12.4 Å². The van der Waals surface area contributed by atoms with E-state index in [2.05, 4.69) is 32.1 Å². The first-order chi connectivity index (χ1) is 12.2. The highest BCUT2D eigenvalue weighted by Crippen LogP contribution is 2.37. The van der Waals surface area contributed by atoms with Crippen molar-refractivity contribution in [3.63, 3.8) is 0 Å². The third-order valence-electron chi connectivity index (χ3n) is 5.89. The van der Waals surface area contributed by atoms with Gasteiger partial charge in [-0.15, -0.1) is 0 Å². The maximum atomic E-state index is 12.6. The van der Waals surface area contributed by atoms with Crippen LogP contribution in [0.25, 0.3) is 0 Å². The lowest BCUT2D eigenvalue weighted by Crippen LogP contribution is -2.57. The van der Waals surface area contributed by atoms with Crippen molar-refractivity contribution in [2.45, 2.75) is 50.5 Å². The molecule has 3 aliphatic rings. The minimum absolute atomic E-state index is 0.106. The molecule has 1 aromatic heterocycles. The minimum atomic E-state index is 0.106. The third-order valence-corrected chi connectivity index (χ3v) is 5.89. The van der Waals surface area contributed by atoms with Crippen LogP contribution in [0.4, 0.5) is 4.79 Å². The Kier molecular flexibility index (Phi) is 4.88. The van der Waals surface area contributed by atoms with Crippen molar-refractivity contribution in [1.82, 2.24) is 25.1 Å². The number of piperidine rings is 2. The van der Waals surface area contributed by atoms with E-state index in [1.54, 1.807) is 0 Å². The molecule has 0 bridgehead atoms. The third kappa shape index (κ3) is 3.94. The number of nitrogens with one attached hydrogen (secondary N) is 1. The topological polar surface area (TPSA) is 61.4 Å². The maximum Gasteiger partial charge on any atom is 0.317 e. The maximum absolute atomic E-state index is 12.6. The molecule has 3 heterocycles. The number of urea groups is 1. The predicted octanol–water partition coefficient (Wildman–Crippen LogP) is 2.02. The molecule has 0 aromatic carbocycles. The average Bonchev–Trinajstić information content (AvgIpc) is 3.46. The van der Waals surface area contributed by atoms with E-state index in [-0.39, 0.29) is 6.03 Å². The van der Waals surface area contributed by atoms with Crippen molar-refractivity contribution >= 4 is 6.03 Å². The number of hydrogen-bond acceptors (Lipinski definition) is 4. The second-order valence-electron chi connectivity index (χ2n) is 7.92. The molecular weight excluding hydrogens is 314 g/mol. The van der Waals surface area contributed by atoms with E-state index in [0.29, 0.717) is 24.4 Å². The Balaban J connectivity index is 1.26. The lowest BCUT2D eigenvalue weighted by atomic mass is 9.84. The van der Waals surface area contributed by atoms with Crippen LogP contribution < -0.4 is 5.32 Å². The summed E-state index contributed by atoms with van der Waals surface area (Å²) >= 11 is 0. The summed E-state index contributed by atoms with van der Waals surface area (Å²) in [5.74, 6) is 2.21. The van der Waals surface area contributed by atoms with Gasteiger partial charge in [0.2, 0.25) is 0 Å². The molecule has 0 radical (unpaired) electrons. The highest BCUT2D eigenvalue weighted by Gasteiger charge is 2.37. The van der Waals surface area contributed by atoms with Crippen molar-refractivity contribution in [3.8, 4) is 0 Å². The first-order valence-corrected chi connectivity index (χ1v) is 9.74. The van der Waals surface area contributed by atoms with Crippen LogP contribution in [-0.4, -0.2) is 65.1 Å². The van der Waals surface area contributed by atoms with E-state index in [4.69, 9.17) is 0 Å². The molecule has 6 heteroatoms. The fraction of sp³-hybridized carbons (Fsp3) is 0.737. The number of amides is 2. The standard InChI is InChI=1S/C19H29N5O/c1-23-10-7-17-16(13-23)3-2-9-24(17)19(25)20-8-6-14-11-21-18(22-12-14)15-4-5-15/h11-12,15-17H,2-10,13H2,1H3,(H,20,25)/t16-,17+/m1/s1. The molecule has 2 saturated heterocycles. The Morgan fingerprint density at radius 2 is 2.00 bits per heavy atom. The fourth-order valence-corrected chi connectivity index (χ4v) is 4.30. The quantitative estimate of drug-likeness (QED) is 0.909. The van der Waals surface area contributed by atoms with Gasteiger partial charge >= 0.3 is 6.03 Å². The van der Waals surface area contributed by atoms with Crippen LogP contribution in [0.15, 0.2) is 12.4 Å². The lowest BCUT2D eigenvalue weighted by molar-refractivity contribution is 0.0534. The minimum Gasteiger partial charge on any atom is -0.338 e. The molecule has 1 aromatic rings. The molecule has 2 amide bonds. The average molecular weight is 343 g/mol. The summed E-state index contributed by atoms with van der Waals surface area (Å²) in [5.41, 5.74) is 1.10. The summed E-state index contributed by atoms with van der Waals surface area (Å²) in [6, 6.07) is 0.529. The number of likely N-dealkylation sites (tertiary alicyclic amines) is 2. The van der Waals surface area contributed by atoms with Crippen LogP contribution in [0.1, 0.15) is 49.4 Å². The molecule has 2 atom stereocenters. The van der Waals surface area contributed by atoms with E-state index in [0.717, 1.165) is 50.3 Å². The van der Waals surface area contributed by atoms with Gasteiger partial charge in [-0.05, 0) is 63.6 Å². The molecule has 25 heavy (non-hydrogen) atoms. The monoisotopic (exact) mass is 343 g/mol. The van der Waals surface area contributed by atoms with Gasteiger partial charge in [-0.1, -0.05) is 0 Å². The number of nitrogens with zero attached hydrogens (tertiary/aromatic N) is 4. The Morgan fingerprint density at radius 3 is 2.76 bits per heavy atom. The molecule has 6 nitrogen and oxygen atoms in total. The second kappa shape index (κ2) is 7.28. The summed E-state index contributed by atoms with van der Waals surface area (Å²) in [6.45, 7) is 3.77. The van der Waals surface area contributed by atoms with E-state index >= 15 is 0 Å². The lowest BCUT2D eigenvalue weighted by Gasteiger charge is -2.46. The molecule has 1 saturated carbocycles. The largest absolute Gasteiger partial charge is 0.338 e. The van der Waals surface area contributed by atoms with Gasteiger partial charge < -0.3 is 15.1 Å². The molecule has 0 unspecified atom stereocenters. The van der Waals surface area contributed by atoms with Gasteiger partial charge in [0.25, 0.3) is 0 Å². The first-order valence-electron chi connectivity index (χ1n) is 9.74. The SMILES string of the molecule is CN1CC[C@H]2[C@H](CCCN2C(=O)NCCc2cnc(C3CC3)nc2)C1. The van der Waals surface area contributed by atoms with Gasteiger partial charge in [0.15, 0.2) is 0 Å². The molecule has 3 fully saturated rings. The molecule has 2 aliphatic heterocycles. The Labute approximate surface area is 150 Å². The zero-order valence-electron chi connectivity index (χ0n) is 15.2. The highest BCUT2D eigenvalue weighted by atomic mass is 16.2. The number of fused-ring (bicyclic) bond motifs is 1. The molecule has 1 N–H and O–H groups in total. The number of carbonyl (C=O) groups is 1. The Bertz CT molecular complexity index is 600. The summed E-state index contributed by atoms with van der Waals surface area (Å²) in [6.07, 6.45) is 10.6. The van der Waals surface area contributed by atoms with Gasteiger partial charge in [-0.2, -0.15) is 0 Å². The normalized spacial score (nSPS) is 27.0. The van der Waals surface area contributed by atoms with Gasteiger partial charge in [0.05, 0.1) is 0 Å². The fourth-order valence-electron chi connectivity index (χ4n) is 4.30. The van der Waals surface area contributed by atoms with Crippen LogP contribution in [0.3, 0.4) is 0 Å². The first kappa shape index (κ1) is 16.8. The highest BCUT2D eigenvalue weighted by molar-refractivity contribution is 5.74. The van der Waals surface area contributed by atoms with Crippen molar-refractivity contribution in [2.24, 2.45) is 5.92 Å². The summed E-state index contributed by atoms with van der Waals surface area (Å²) in [5, 5.41) is 3.11. The smallest absolute Gasteiger partial charge is 0.317 e. The van der Waals surface area contributed by atoms with E-state index in [1.165, 1.54) is 19.3 Å². The van der Waals surface area contributed by atoms with Crippen molar-refractivity contribution in [3.05, 3.63) is 23.8 Å². The summed E-state index contributed by atoms with van der Waals surface area (Å²) < 4.78 is 0. The molecule has 0 spiro atoms. The van der Waals surface area contributed by atoms with Crippen LogP contribution >= 0.6 is 0 Å². The van der Waals surface area contributed by atoms with Gasteiger partial charge in [-0.25, -0.2) is 14.8 Å². The van der Waals surface area contributed by atoms with Gasteiger partial charge in [0.1, 0.15) is 5.82 Å². The van der Waals surface area contributed by atoms with E-state index in [9.17, 15) is 4.79 Å². The zero-order chi connectivity index (χ0) is 17.2. The number of aromatic nitrogens is 2. The van der Waals surface area contributed by atoms with Gasteiger partial charge in [-0.3, -0.25) is 0 Å². The van der Waals surface area contributed by atoms with Crippen LogP contribution in [0, 0.1) is 5.92 Å². The Morgan fingerprint density at radius 1 is 1.20 bits per heavy atom. The van der Waals surface area contributed by atoms with Crippen molar-refractivity contribution < 1.29 is 4.79 Å². The van der Waals surface area contributed by atoms with Crippen molar-refractivity contribution in [2.75, 3.05) is 33.2 Å². The van der Waals surface area contributed by atoms with E-state index < -0.39 is 0 Å². The van der Waals surface area contributed by atoms with Crippen LogP contribution in [0.5, 0.6) is 0 Å². The van der Waals surface area contributed by atoms with Crippen molar-refractivity contribution in [1.29, 1.82) is 0 Å². The molecule has 4 rings (SSSR count). The number of carbonyl (C=O) groups excluding carboxylic acids is 1. The second-order valence-corrected chi connectivity index (χ2v) is 7.92. The molecular formula is C19H29N5O. The van der Waals surface area contributed by atoms with Crippen LogP contribution in [-0.2, 0) is 6.42 Å². The Hall–Kier alpha value is -1.69. The van der Waals surface area contributed by atoms with Crippen LogP contribution in [0.2, 0.25) is 0 Å². The molecule has 136 valence electrons. The zero-order valence-corrected chi connectivity index (χ0v) is 15.2. The molecule has 1 aliphatic carbocycles.